The highest BCUT2D eigenvalue weighted by atomic mass is 15.1. The fourth-order valence-electron chi connectivity index (χ4n) is 9.01. The lowest BCUT2D eigenvalue weighted by atomic mass is 10.0. The monoisotopic (exact) mass is 844 g/mol. The van der Waals surface area contributed by atoms with Gasteiger partial charge in [0.25, 0.3) is 0 Å². The van der Waals surface area contributed by atoms with Crippen molar-refractivity contribution in [3.05, 3.63) is 243 Å². The maximum atomic E-state index is 5.22. The molecule has 0 saturated heterocycles. The maximum absolute atomic E-state index is 5.22. The van der Waals surface area contributed by atoms with E-state index in [4.69, 9.17) is 19.9 Å². The molecule has 0 spiro atoms. The first-order valence-electron chi connectivity index (χ1n) is 22.1. The highest BCUT2D eigenvalue weighted by Gasteiger charge is 2.28. The van der Waals surface area contributed by atoms with Gasteiger partial charge in [0, 0.05) is 56.4 Å². The molecule has 310 valence electrons. The van der Waals surface area contributed by atoms with Gasteiger partial charge in [0.15, 0.2) is 17.3 Å². The summed E-state index contributed by atoms with van der Waals surface area (Å²) in [5.41, 5.74) is 17.2. The van der Waals surface area contributed by atoms with E-state index >= 15 is 0 Å². The SMILES string of the molecule is c1ccc(-c2ccc(N(c3ccccc3)c3ccc(-c4nc5c6c(nc(-c7ccc(N(c8ccccc8)c8ccc(-c9ccccc9)cc8)cc7)nc6n4)-c4ccccc4-5)cc3)cc2)cc1. The van der Waals surface area contributed by atoms with E-state index in [-0.39, 0.29) is 0 Å². The van der Waals surface area contributed by atoms with Gasteiger partial charge in [-0.25, -0.2) is 19.9 Å². The highest BCUT2D eigenvalue weighted by Crippen LogP contribution is 2.46. The van der Waals surface area contributed by atoms with Crippen LogP contribution in [0.25, 0.3) is 78.6 Å². The number of rotatable bonds is 10. The molecule has 1 aliphatic carbocycles. The third-order valence-electron chi connectivity index (χ3n) is 12.3. The van der Waals surface area contributed by atoms with Crippen LogP contribution in [0.4, 0.5) is 34.1 Å². The molecule has 6 nitrogen and oxygen atoms in total. The van der Waals surface area contributed by atoms with Gasteiger partial charge in [0.2, 0.25) is 0 Å². The van der Waals surface area contributed by atoms with Gasteiger partial charge >= 0.3 is 0 Å². The number of benzene rings is 9. The zero-order valence-electron chi connectivity index (χ0n) is 35.8. The van der Waals surface area contributed by atoms with Crippen LogP contribution in [0, 0.1) is 0 Å². The molecule has 0 atom stereocenters. The van der Waals surface area contributed by atoms with Gasteiger partial charge in [0.1, 0.15) is 0 Å². The lowest BCUT2D eigenvalue weighted by Crippen LogP contribution is -2.09. The number of aromatic nitrogens is 4. The number of nitrogens with zero attached hydrogens (tertiary/aromatic N) is 6. The van der Waals surface area contributed by atoms with Crippen molar-refractivity contribution in [2.24, 2.45) is 0 Å². The predicted molar refractivity (Wildman–Crippen MR) is 271 cm³/mol. The van der Waals surface area contributed by atoms with Crippen LogP contribution < -0.4 is 9.80 Å². The van der Waals surface area contributed by atoms with Crippen molar-refractivity contribution in [2.75, 3.05) is 9.80 Å². The Morgan fingerprint density at radius 1 is 0.227 bits per heavy atom. The van der Waals surface area contributed by atoms with Gasteiger partial charge < -0.3 is 9.80 Å². The van der Waals surface area contributed by atoms with E-state index in [0.717, 1.165) is 73.2 Å². The molecule has 66 heavy (non-hydrogen) atoms. The van der Waals surface area contributed by atoms with Crippen LogP contribution in [-0.2, 0) is 0 Å². The number of hydrogen-bond acceptors (Lipinski definition) is 6. The Kier molecular flexibility index (Phi) is 9.73. The number of fused-ring (bicyclic) bond motifs is 3. The first kappa shape index (κ1) is 38.7. The Morgan fingerprint density at radius 3 is 0.848 bits per heavy atom. The second-order valence-electron chi connectivity index (χ2n) is 16.3. The molecule has 2 aromatic heterocycles. The number of para-hydroxylation sites is 2. The van der Waals surface area contributed by atoms with Gasteiger partial charge in [-0.2, -0.15) is 0 Å². The standard InChI is InChI=1S/C60H40N6/c1-5-15-41(16-6-1)43-25-33-49(34-26-43)65(47-19-9-3-10-20-47)51-37-29-45(30-38-51)58-61-56-53-23-13-14-24-54(53)57-55(56)60(63-58)64-59(62-57)46-31-39-52(40-32-46)66(48-21-11-4-12-22-48)50-35-27-44(28-36-50)42-17-7-2-8-18-42/h1-40H. The average molecular weight is 845 g/mol. The molecule has 0 radical (unpaired) electrons. The molecule has 0 N–H and O–H groups in total. The van der Waals surface area contributed by atoms with Crippen molar-refractivity contribution in [3.63, 3.8) is 0 Å². The topological polar surface area (TPSA) is 58.0 Å². The second kappa shape index (κ2) is 16.6. The summed E-state index contributed by atoms with van der Waals surface area (Å²) in [5.74, 6) is 1.23. The van der Waals surface area contributed by atoms with E-state index in [1.165, 1.54) is 22.3 Å². The van der Waals surface area contributed by atoms with E-state index in [2.05, 4.69) is 228 Å². The summed E-state index contributed by atoms with van der Waals surface area (Å²) >= 11 is 0. The lowest BCUT2D eigenvalue weighted by Gasteiger charge is -2.26. The van der Waals surface area contributed by atoms with Crippen LogP contribution in [0.3, 0.4) is 0 Å². The molecule has 0 unspecified atom stereocenters. The molecule has 0 fully saturated rings. The molecule has 0 aliphatic heterocycles. The summed E-state index contributed by atoms with van der Waals surface area (Å²) < 4.78 is 0. The normalized spacial score (nSPS) is 11.3. The molecule has 2 heterocycles. The van der Waals surface area contributed by atoms with Gasteiger partial charge in [-0.15, -0.1) is 0 Å². The zero-order valence-corrected chi connectivity index (χ0v) is 35.8. The Bertz CT molecular complexity index is 3240. The minimum absolute atomic E-state index is 0.613. The molecule has 0 amide bonds. The molecule has 0 bridgehead atoms. The summed E-state index contributed by atoms with van der Waals surface area (Å²) in [6.07, 6.45) is 0. The molecule has 0 saturated carbocycles. The molecule has 1 aliphatic rings. The Morgan fingerprint density at radius 2 is 0.500 bits per heavy atom. The first-order chi connectivity index (χ1) is 32.7. The largest absolute Gasteiger partial charge is 0.311 e. The van der Waals surface area contributed by atoms with Crippen LogP contribution >= 0.6 is 0 Å². The van der Waals surface area contributed by atoms with Crippen molar-refractivity contribution < 1.29 is 0 Å². The summed E-state index contributed by atoms with van der Waals surface area (Å²) in [6, 6.07) is 84.7. The minimum atomic E-state index is 0.613. The van der Waals surface area contributed by atoms with Crippen molar-refractivity contribution in [3.8, 4) is 67.5 Å². The fraction of sp³-hybridized carbons (Fsp3) is 0. The van der Waals surface area contributed by atoms with Crippen LogP contribution in [0.2, 0.25) is 0 Å². The molecule has 11 aromatic rings. The lowest BCUT2D eigenvalue weighted by molar-refractivity contribution is 1.16. The summed E-state index contributed by atoms with van der Waals surface area (Å²) in [7, 11) is 0. The van der Waals surface area contributed by atoms with E-state index < -0.39 is 0 Å². The first-order valence-corrected chi connectivity index (χ1v) is 22.1. The van der Waals surface area contributed by atoms with E-state index in [1.54, 1.807) is 0 Å². The molecule has 6 heteroatoms. The van der Waals surface area contributed by atoms with Crippen LogP contribution in [-0.4, -0.2) is 19.9 Å². The van der Waals surface area contributed by atoms with Crippen LogP contribution in [0.5, 0.6) is 0 Å². The summed E-state index contributed by atoms with van der Waals surface area (Å²) in [6.45, 7) is 0. The van der Waals surface area contributed by atoms with E-state index in [9.17, 15) is 0 Å². The minimum Gasteiger partial charge on any atom is -0.311 e. The fourth-order valence-corrected chi connectivity index (χ4v) is 9.01. The zero-order chi connectivity index (χ0) is 43.8. The van der Waals surface area contributed by atoms with Crippen LogP contribution in [0.1, 0.15) is 0 Å². The number of anilines is 6. The highest BCUT2D eigenvalue weighted by molar-refractivity contribution is 6.11. The molecular formula is C60H40N6. The predicted octanol–water partition coefficient (Wildman–Crippen LogP) is 15.7. The third kappa shape index (κ3) is 7.13. The second-order valence-corrected chi connectivity index (χ2v) is 16.3. The Labute approximate surface area is 383 Å². The van der Waals surface area contributed by atoms with Crippen molar-refractivity contribution in [1.29, 1.82) is 0 Å². The summed E-state index contributed by atoms with van der Waals surface area (Å²) in [4.78, 5) is 25.3. The smallest absolute Gasteiger partial charge is 0.168 e. The summed E-state index contributed by atoms with van der Waals surface area (Å²) in [5, 5.41) is 0.875. The van der Waals surface area contributed by atoms with Gasteiger partial charge in [0.05, 0.1) is 16.8 Å². The van der Waals surface area contributed by atoms with Crippen LogP contribution in [0.15, 0.2) is 243 Å². The molecule has 9 aromatic carbocycles. The third-order valence-corrected chi connectivity index (χ3v) is 12.3. The average Bonchev–Trinajstić information content (AvgIpc) is 3.72. The van der Waals surface area contributed by atoms with Crippen molar-refractivity contribution in [2.45, 2.75) is 0 Å². The molecular weight excluding hydrogens is 805 g/mol. The van der Waals surface area contributed by atoms with E-state index in [1.807, 2.05) is 24.3 Å². The van der Waals surface area contributed by atoms with Crippen molar-refractivity contribution in [1.82, 2.24) is 19.9 Å². The Balaban J connectivity index is 0.899. The van der Waals surface area contributed by atoms with Gasteiger partial charge in [-0.3, -0.25) is 0 Å². The maximum Gasteiger partial charge on any atom is 0.168 e. The Hall–Kier alpha value is -9.00. The van der Waals surface area contributed by atoms with Gasteiger partial charge in [-0.1, -0.05) is 146 Å². The molecule has 12 rings (SSSR count). The van der Waals surface area contributed by atoms with Crippen molar-refractivity contribution >= 4 is 45.2 Å². The van der Waals surface area contributed by atoms with Gasteiger partial charge in [-0.05, 0) is 119 Å². The quantitative estimate of drug-likeness (QED) is 0.137. The number of hydrogen-bond donors (Lipinski definition) is 0. The van der Waals surface area contributed by atoms with E-state index in [0.29, 0.717) is 17.3 Å².